The lowest BCUT2D eigenvalue weighted by molar-refractivity contribution is 0.849. The normalized spacial score (nSPS) is 12.2. The van der Waals surface area contributed by atoms with Gasteiger partial charge in [-0.2, -0.15) is 26.7 Å². The first-order valence-corrected chi connectivity index (χ1v) is 7.09. The van der Waals surface area contributed by atoms with Crippen molar-refractivity contribution in [1.82, 2.24) is 24.5 Å². The zero-order chi connectivity index (χ0) is 13.7. The summed E-state index contributed by atoms with van der Waals surface area (Å²) in [4.78, 5) is 16.6. The Bertz CT molecular complexity index is 514. The Morgan fingerprint density at radius 2 is 2.16 bits per heavy atom. The van der Waals surface area contributed by atoms with Crippen molar-refractivity contribution in [2.75, 3.05) is 22.8 Å². The molecule has 2 aromatic rings. The van der Waals surface area contributed by atoms with Crippen molar-refractivity contribution in [2.24, 2.45) is 5.84 Å². The van der Waals surface area contributed by atoms with Crippen LogP contribution in [0.2, 0.25) is 0 Å². The fraction of sp³-hybridized carbons (Fsp3) is 0.400. The van der Waals surface area contributed by atoms with Crippen molar-refractivity contribution in [3.63, 3.8) is 0 Å². The van der Waals surface area contributed by atoms with Crippen LogP contribution in [0, 0.1) is 0 Å². The fourth-order valence-electron chi connectivity index (χ4n) is 1.50. The molecule has 2 rings (SSSR count). The van der Waals surface area contributed by atoms with Gasteiger partial charge in [0.1, 0.15) is 6.33 Å². The van der Waals surface area contributed by atoms with E-state index in [2.05, 4.69) is 43.9 Å². The van der Waals surface area contributed by atoms with Gasteiger partial charge in [-0.15, -0.1) is 0 Å². The highest BCUT2D eigenvalue weighted by atomic mass is 32.2. The van der Waals surface area contributed by atoms with Gasteiger partial charge in [-0.1, -0.05) is 0 Å². The van der Waals surface area contributed by atoms with Gasteiger partial charge in [0.25, 0.3) is 0 Å². The van der Waals surface area contributed by atoms with Crippen LogP contribution < -0.4 is 16.6 Å². The third-order valence-electron chi connectivity index (χ3n) is 2.28. The summed E-state index contributed by atoms with van der Waals surface area (Å²) >= 11 is 1.75. The molecule has 8 nitrogen and oxygen atoms in total. The Hall–Kier alpha value is -1.87. The maximum absolute atomic E-state index is 5.37. The summed E-state index contributed by atoms with van der Waals surface area (Å²) in [6.45, 7) is 2.06. The average Bonchev–Trinajstić information content (AvgIpc) is 2.92. The van der Waals surface area contributed by atoms with E-state index >= 15 is 0 Å². The highest BCUT2D eigenvalue weighted by Gasteiger charge is 2.09. The highest BCUT2D eigenvalue weighted by molar-refractivity contribution is 7.98. The molecule has 0 saturated carbocycles. The van der Waals surface area contributed by atoms with E-state index in [1.807, 2.05) is 0 Å². The number of aromatic nitrogens is 5. The van der Waals surface area contributed by atoms with Crippen LogP contribution in [0.1, 0.15) is 6.92 Å². The molecule has 1 unspecified atom stereocenters. The molecular formula is C10H16N8S. The first kappa shape index (κ1) is 13.6. The number of hydrogen-bond donors (Lipinski definition) is 3. The summed E-state index contributed by atoms with van der Waals surface area (Å²) in [5.74, 6) is 7.57. The molecule has 0 aliphatic rings. The fourth-order valence-corrected chi connectivity index (χ4v) is 2.08. The molecule has 2 aromatic heterocycles. The highest BCUT2D eigenvalue weighted by Crippen LogP contribution is 2.10. The molecule has 0 aliphatic heterocycles. The number of imidazole rings is 1. The van der Waals surface area contributed by atoms with Crippen LogP contribution in [0.3, 0.4) is 0 Å². The molecule has 0 saturated heterocycles. The molecule has 0 amide bonds. The van der Waals surface area contributed by atoms with E-state index in [1.54, 1.807) is 35.0 Å². The van der Waals surface area contributed by atoms with Crippen LogP contribution in [0.5, 0.6) is 0 Å². The smallest absolute Gasteiger partial charge is 0.243 e. The van der Waals surface area contributed by atoms with Gasteiger partial charge in [0, 0.05) is 24.2 Å². The third kappa shape index (κ3) is 3.55. The minimum absolute atomic E-state index is 0.249. The van der Waals surface area contributed by atoms with Crippen molar-refractivity contribution in [2.45, 2.75) is 13.0 Å². The predicted molar refractivity (Wildman–Crippen MR) is 76.2 cm³/mol. The molecule has 0 fully saturated rings. The Labute approximate surface area is 115 Å². The molecule has 0 bridgehead atoms. The Morgan fingerprint density at radius 3 is 2.79 bits per heavy atom. The van der Waals surface area contributed by atoms with E-state index in [1.165, 1.54) is 0 Å². The van der Waals surface area contributed by atoms with Crippen molar-refractivity contribution < 1.29 is 0 Å². The van der Waals surface area contributed by atoms with E-state index in [-0.39, 0.29) is 6.04 Å². The van der Waals surface area contributed by atoms with Gasteiger partial charge in [0.2, 0.25) is 17.8 Å². The number of hydrogen-bond acceptors (Lipinski definition) is 8. The maximum atomic E-state index is 5.37. The largest absolute Gasteiger partial charge is 0.351 e. The molecule has 0 aliphatic carbocycles. The summed E-state index contributed by atoms with van der Waals surface area (Å²) in [5, 5.41) is 3.21. The van der Waals surface area contributed by atoms with Gasteiger partial charge in [-0.05, 0) is 13.2 Å². The van der Waals surface area contributed by atoms with Crippen molar-refractivity contribution >= 4 is 23.7 Å². The average molecular weight is 280 g/mol. The van der Waals surface area contributed by atoms with E-state index in [0.29, 0.717) is 17.8 Å². The molecule has 9 heteroatoms. The maximum Gasteiger partial charge on any atom is 0.243 e. The molecule has 0 spiro atoms. The third-order valence-corrected chi connectivity index (χ3v) is 3.11. The number of nitrogens with zero attached hydrogens (tertiary/aromatic N) is 5. The number of nitrogens with two attached hydrogens (primary N) is 1. The molecule has 0 aromatic carbocycles. The number of nitrogen functional groups attached to an aromatic ring is 1. The van der Waals surface area contributed by atoms with E-state index in [4.69, 9.17) is 5.84 Å². The molecular weight excluding hydrogens is 264 g/mol. The second kappa shape index (κ2) is 6.34. The Balaban J connectivity index is 2.26. The zero-order valence-corrected chi connectivity index (χ0v) is 11.6. The van der Waals surface area contributed by atoms with Gasteiger partial charge < -0.3 is 5.32 Å². The number of hydrazine groups is 1. The van der Waals surface area contributed by atoms with Gasteiger partial charge >= 0.3 is 0 Å². The Morgan fingerprint density at radius 1 is 1.37 bits per heavy atom. The molecule has 102 valence electrons. The quantitative estimate of drug-likeness (QED) is 0.519. The number of thioether (sulfide) groups is 1. The summed E-state index contributed by atoms with van der Waals surface area (Å²) in [7, 11) is 0. The molecule has 19 heavy (non-hydrogen) atoms. The minimum Gasteiger partial charge on any atom is -0.351 e. The minimum atomic E-state index is 0.249. The number of rotatable bonds is 6. The van der Waals surface area contributed by atoms with Gasteiger partial charge in [-0.25, -0.2) is 10.8 Å². The van der Waals surface area contributed by atoms with E-state index in [9.17, 15) is 0 Å². The predicted octanol–water partition coefficient (Wildman–Crippen LogP) is 0.506. The standard InChI is InChI=1S/C10H16N8S/c1-7(5-19-2)13-8-14-9(17-11)16-10(15-8)18-4-3-12-6-18/h3-4,6-7H,5,11H2,1-2H3,(H2,13,14,15,16,17). The van der Waals surface area contributed by atoms with Crippen molar-refractivity contribution in [1.29, 1.82) is 0 Å². The summed E-state index contributed by atoms with van der Waals surface area (Å²) in [6.07, 6.45) is 7.08. The Kier molecular flexibility index (Phi) is 4.53. The monoisotopic (exact) mass is 280 g/mol. The first-order valence-electron chi connectivity index (χ1n) is 5.69. The lowest BCUT2D eigenvalue weighted by Gasteiger charge is -2.13. The first-order chi connectivity index (χ1) is 9.22. The SMILES string of the molecule is CSCC(C)Nc1nc(NN)nc(-n2ccnc2)n1. The van der Waals surface area contributed by atoms with Crippen LogP contribution in [-0.2, 0) is 0 Å². The van der Waals surface area contributed by atoms with Crippen molar-refractivity contribution in [3.05, 3.63) is 18.7 Å². The van der Waals surface area contributed by atoms with Gasteiger partial charge in [0.15, 0.2) is 0 Å². The van der Waals surface area contributed by atoms with Crippen LogP contribution in [-0.4, -0.2) is 42.6 Å². The van der Waals surface area contributed by atoms with Crippen molar-refractivity contribution in [3.8, 4) is 5.95 Å². The topological polar surface area (TPSA) is 107 Å². The lowest BCUT2D eigenvalue weighted by atomic mass is 10.4. The number of nitrogens with one attached hydrogen (secondary N) is 2. The molecule has 0 radical (unpaired) electrons. The second-order valence-electron chi connectivity index (χ2n) is 3.90. The molecule has 4 N–H and O–H groups in total. The zero-order valence-electron chi connectivity index (χ0n) is 10.7. The summed E-state index contributed by atoms with van der Waals surface area (Å²) in [5.41, 5.74) is 2.43. The lowest BCUT2D eigenvalue weighted by Crippen LogP contribution is -2.22. The molecule has 1 atom stereocenters. The van der Waals surface area contributed by atoms with Gasteiger partial charge in [-0.3, -0.25) is 9.99 Å². The van der Waals surface area contributed by atoms with E-state index < -0.39 is 0 Å². The number of anilines is 2. The summed E-state index contributed by atoms with van der Waals surface area (Å²) in [6, 6.07) is 0.249. The second-order valence-corrected chi connectivity index (χ2v) is 4.81. The summed E-state index contributed by atoms with van der Waals surface area (Å²) < 4.78 is 1.69. The van der Waals surface area contributed by atoms with Gasteiger partial charge in [0.05, 0.1) is 0 Å². The van der Waals surface area contributed by atoms with Crippen LogP contribution in [0.25, 0.3) is 5.95 Å². The molecule has 2 heterocycles. The van der Waals surface area contributed by atoms with E-state index in [0.717, 1.165) is 5.75 Å². The van der Waals surface area contributed by atoms with Crippen LogP contribution >= 0.6 is 11.8 Å². The van der Waals surface area contributed by atoms with Crippen LogP contribution in [0.15, 0.2) is 18.7 Å². The van der Waals surface area contributed by atoms with Crippen LogP contribution in [0.4, 0.5) is 11.9 Å².